The van der Waals surface area contributed by atoms with Gasteiger partial charge in [0, 0.05) is 0 Å². The predicted octanol–water partition coefficient (Wildman–Crippen LogP) is 7.25. The maximum absolute atomic E-state index is 9.21. The molecule has 5 aliphatic rings. The van der Waals surface area contributed by atoms with Crippen LogP contribution >= 0.6 is 0 Å². The fourth-order valence-electron chi connectivity index (χ4n) is 4.74. The Morgan fingerprint density at radius 3 is 0.909 bits per heavy atom. The molecule has 0 heterocycles. The molecule has 0 aromatic heterocycles. The summed E-state index contributed by atoms with van der Waals surface area (Å²) in [5.74, 6) is 0. The number of carboxylic acid groups (broad SMARTS) is 2. The van der Waals surface area contributed by atoms with Crippen molar-refractivity contribution in [3.05, 3.63) is 112 Å². The van der Waals surface area contributed by atoms with Crippen LogP contribution in [0.15, 0.2) is 112 Å². The van der Waals surface area contributed by atoms with Crippen molar-refractivity contribution >= 4 is 12.3 Å². The van der Waals surface area contributed by atoms with Gasteiger partial charge < -0.3 is 14.9 Å². The molecule has 0 radical (unpaired) electrons. The van der Waals surface area contributed by atoms with Crippen LogP contribution in [0, 0.1) is 0 Å². The summed E-state index contributed by atoms with van der Waals surface area (Å²) >= 11 is -3.33. The molecule has 0 spiro atoms. The summed E-state index contributed by atoms with van der Waals surface area (Å²) in [6.45, 7) is 0. The van der Waals surface area contributed by atoms with E-state index in [2.05, 4.69) is 95.9 Å². The molecule has 0 fully saturated rings. The minimum Gasteiger partial charge on any atom is -0.449 e. The molecule has 5 aliphatic carbocycles. The van der Waals surface area contributed by atoms with E-state index in [0.29, 0.717) is 0 Å². The van der Waals surface area contributed by atoms with Gasteiger partial charge in [0.25, 0.3) is 0 Å². The monoisotopic (exact) mass is 534 g/mol. The molecular formula is C27H27O5Rh. The van der Waals surface area contributed by atoms with Crippen molar-refractivity contribution in [2.24, 2.45) is 0 Å². The Hall–Kier alpha value is -3.24. The second kappa shape index (κ2) is 9.32. The van der Waals surface area contributed by atoms with Crippen molar-refractivity contribution in [1.29, 1.82) is 0 Å². The summed E-state index contributed by atoms with van der Waals surface area (Å²) in [5.41, 5.74) is 0. The van der Waals surface area contributed by atoms with E-state index in [1.807, 2.05) is 0 Å². The zero-order chi connectivity index (χ0) is 23.3. The van der Waals surface area contributed by atoms with E-state index >= 15 is 0 Å². The van der Waals surface area contributed by atoms with Crippen LogP contribution in [-0.4, -0.2) is 22.5 Å². The molecule has 33 heavy (non-hydrogen) atoms. The van der Waals surface area contributed by atoms with Gasteiger partial charge in [-0.1, -0.05) is 0 Å². The third-order valence-electron chi connectivity index (χ3n) is 5.86. The molecule has 0 bridgehead atoms. The molecule has 0 aliphatic heterocycles. The SMILES string of the molecule is C1=CC[C]([Rh]([C]2=CC=CC2)([C]2=CC=CC2)([C]2=CC=CC2)[C]2=CC=CC2)=C1.O=C(O)OC(=O)O. The zero-order valence-electron chi connectivity index (χ0n) is 18.1. The Bertz CT molecular complexity index is 977. The van der Waals surface area contributed by atoms with Crippen LogP contribution < -0.4 is 0 Å². The van der Waals surface area contributed by atoms with E-state index in [0.717, 1.165) is 32.1 Å². The molecular weight excluding hydrogens is 507 g/mol. The summed E-state index contributed by atoms with van der Waals surface area (Å²) in [7, 11) is 0. The number of allylic oxidation sites excluding steroid dienone is 20. The summed E-state index contributed by atoms with van der Waals surface area (Å²) in [5, 5.41) is 15.0. The maximum atomic E-state index is 9.21. The first-order chi connectivity index (χ1) is 16.0. The molecule has 0 saturated carbocycles. The molecule has 0 unspecified atom stereocenters. The van der Waals surface area contributed by atoms with Crippen LogP contribution in [-0.2, 0) is 18.3 Å². The summed E-state index contributed by atoms with van der Waals surface area (Å²) in [6.07, 6.45) is 37.5. The molecule has 0 aromatic carbocycles. The molecule has 0 aromatic rings. The maximum Gasteiger partial charge on any atom is 0.516 e. The molecule has 174 valence electrons. The first-order valence-electron chi connectivity index (χ1n) is 10.7. The van der Waals surface area contributed by atoms with Gasteiger partial charge in [-0.3, -0.25) is 0 Å². The minimum absolute atomic E-state index is 1.10. The topological polar surface area (TPSA) is 83.8 Å². The van der Waals surface area contributed by atoms with E-state index in [4.69, 9.17) is 10.2 Å². The van der Waals surface area contributed by atoms with Gasteiger partial charge in [-0.15, -0.1) is 0 Å². The minimum atomic E-state index is -3.33. The normalized spacial score (nSPS) is 21.0. The molecule has 6 heteroatoms. The third kappa shape index (κ3) is 3.59. The molecule has 5 nitrogen and oxygen atoms in total. The van der Waals surface area contributed by atoms with E-state index in [1.165, 1.54) is 0 Å². The quantitative estimate of drug-likeness (QED) is 0.221. The summed E-state index contributed by atoms with van der Waals surface area (Å²) in [6, 6.07) is 0. The first kappa shape index (κ1) is 22.9. The van der Waals surface area contributed by atoms with Gasteiger partial charge in [-0.05, 0) is 0 Å². The third-order valence-corrected chi connectivity index (χ3v) is 19.4. The van der Waals surface area contributed by atoms with Crippen molar-refractivity contribution in [2.45, 2.75) is 32.1 Å². The van der Waals surface area contributed by atoms with Crippen LogP contribution in [0.4, 0.5) is 9.59 Å². The average Bonchev–Trinajstić information content (AvgIpc) is 3.64. The van der Waals surface area contributed by atoms with Crippen LogP contribution in [0.1, 0.15) is 32.1 Å². The number of hydrogen-bond acceptors (Lipinski definition) is 3. The number of hydrogen-bond donors (Lipinski definition) is 2. The molecule has 2 N–H and O–H groups in total. The number of carbonyl (C=O) groups is 2. The standard InChI is InChI=1S/5C5H5.C2H2O5.Rh/c5*1-2-4-5-3-1;3-1(4)7-2(5)6;/h5*1-3H,4H2;(H,3,4)(H,5,6);. The zero-order valence-corrected chi connectivity index (χ0v) is 19.8. The van der Waals surface area contributed by atoms with Crippen molar-refractivity contribution in [1.82, 2.24) is 0 Å². The van der Waals surface area contributed by atoms with E-state index in [-0.39, 0.29) is 0 Å². The van der Waals surface area contributed by atoms with Gasteiger partial charge in [-0.25, -0.2) is 9.59 Å². The Balaban J connectivity index is 0.000000325. The van der Waals surface area contributed by atoms with Crippen LogP contribution in [0.2, 0.25) is 0 Å². The van der Waals surface area contributed by atoms with Gasteiger partial charge >= 0.3 is 170 Å². The van der Waals surface area contributed by atoms with Gasteiger partial charge in [0.1, 0.15) is 0 Å². The first-order valence-corrected chi connectivity index (χ1v) is 14.8. The van der Waals surface area contributed by atoms with Crippen LogP contribution in [0.3, 0.4) is 0 Å². The molecule has 0 amide bonds. The summed E-state index contributed by atoms with van der Waals surface area (Å²) < 4.78 is 11.6. The van der Waals surface area contributed by atoms with Gasteiger partial charge in [0.15, 0.2) is 0 Å². The fourth-order valence-corrected chi connectivity index (χ4v) is 19.3. The van der Waals surface area contributed by atoms with Crippen molar-refractivity contribution in [2.75, 3.05) is 0 Å². The van der Waals surface area contributed by atoms with E-state index in [9.17, 15) is 9.59 Å². The van der Waals surface area contributed by atoms with Gasteiger partial charge in [0.2, 0.25) is 0 Å². The largest absolute Gasteiger partial charge is 0.516 e. The second-order valence-corrected chi connectivity index (χ2v) is 16.9. The predicted molar refractivity (Wildman–Crippen MR) is 126 cm³/mol. The Morgan fingerprint density at radius 2 is 0.788 bits per heavy atom. The smallest absolute Gasteiger partial charge is 0.449 e. The molecule has 0 saturated heterocycles. The van der Waals surface area contributed by atoms with E-state index in [1.54, 1.807) is 20.8 Å². The number of ether oxygens (including phenoxy) is 1. The Morgan fingerprint density at radius 1 is 0.545 bits per heavy atom. The molecule has 0 atom stereocenters. The number of rotatable bonds is 5. The Labute approximate surface area is 194 Å². The fraction of sp³-hybridized carbons (Fsp3) is 0.185. The van der Waals surface area contributed by atoms with E-state index < -0.39 is 25.9 Å². The Kier molecular flexibility index (Phi) is 6.48. The second-order valence-electron chi connectivity index (χ2n) is 7.55. The van der Waals surface area contributed by atoms with Crippen molar-refractivity contribution in [3.8, 4) is 0 Å². The average molecular weight is 534 g/mol. The van der Waals surface area contributed by atoms with Crippen molar-refractivity contribution < 1.29 is 38.1 Å². The summed E-state index contributed by atoms with van der Waals surface area (Å²) in [4.78, 5) is 18.4. The van der Waals surface area contributed by atoms with Crippen molar-refractivity contribution in [3.63, 3.8) is 0 Å². The van der Waals surface area contributed by atoms with Crippen LogP contribution in [0.25, 0.3) is 0 Å². The van der Waals surface area contributed by atoms with Gasteiger partial charge in [0.05, 0.1) is 0 Å². The molecule has 5 rings (SSSR count). The van der Waals surface area contributed by atoms with Crippen LogP contribution in [0.5, 0.6) is 0 Å². The van der Waals surface area contributed by atoms with Gasteiger partial charge in [-0.2, -0.15) is 0 Å².